The van der Waals surface area contributed by atoms with Gasteiger partial charge in [-0.15, -0.1) is 0 Å². The average molecular weight is 362 g/mol. The standard InChI is InChI=1S/C23H26N2O2/c1-25(19-12-6-3-7-13-19)23(27)20-14-8-9-15-21(20)24-22(26)17-16-18-10-4-2-5-11-18/h2,4-5,8-11,14-17,19H,3,6-7,12-13H2,1H3,(H,24,26). The van der Waals surface area contributed by atoms with Crippen LogP contribution in [0.25, 0.3) is 6.08 Å². The minimum atomic E-state index is -0.251. The third-order valence-electron chi connectivity index (χ3n) is 5.08. The Labute approximate surface area is 160 Å². The molecule has 0 bridgehead atoms. The second-order valence-corrected chi connectivity index (χ2v) is 6.99. The minimum absolute atomic E-state index is 0.0372. The molecule has 0 atom stereocenters. The lowest BCUT2D eigenvalue weighted by atomic mass is 9.94. The van der Waals surface area contributed by atoms with Crippen molar-refractivity contribution in [1.82, 2.24) is 4.90 Å². The molecule has 0 unspecified atom stereocenters. The topological polar surface area (TPSA) is 49.4 Å². The molecule has 1 fully saturated rings. The van der Waals surface area contributed by atoms with Crippen LogP contribution < -0.4 is 5.32 Å². The van der Waals surface area contributed by atoms with E-state index in [-0.39, 0.29) is 17.9 Å². The molecule has 1 aliphatic carbocycles. The van der Waals surface area contributed by atoms with Gasteiger partial charge in [0.2, 0.25) is 5.91 Å². The molecule has 1 aliphatic rings. The van der Waals surface area contributed by atoms with E-state index in [0.29, 0.717) is 11.3 Å². The molecular formula is C23H26N2O2. The molecule has 1 N–H and O–H groups in total. The van der Waals surface area contributed by atoms with Crippen molar-refractivity contribution in [1.29, 1.82) is 0 Å². The number of hydrogen-bond acceptors (Lipinski definition) is 2. The predicted octanol–water partition coefficient (Wildman–Crippen LogP) is 4.74. The number of rotatable bonds is 5. The van der Waals surface area contributed by atoms with Gasteiger partial charge in [-0.05, 0) is 36.6 Å². The second-order valence-electron chi connectivity index (χ2n) is 6.99. The summed E-state index contributed by atoms with van der Waals surface area (Å²) in [5.41, 5.74) is 2.04. The fourth-order valence-electron chi connectivity index (χ4n) is 3.51. The van der Waals surface area contributed by atoms with Gasteiger partial charge in [-0.25, -0.2) is 0 Å². The number of benzene rings is 2. The van der Waals surface area contributed by atoms with E-state index in [1.54, 1.807) is 18.2 Å². The van der Waals surface area contributed by atoms with Crippen LogP contribution in [0.2, 0.25) is 0 Å². The zero-order valence-corrected chi connectivity index (χ0v) is 15.7. The summed E-state index contributed by atoms with van der Waals surface area (Å²) in [6, 6.07) is 17.1. The van der Waals surface area contributed by atoms with Gasteiger partial charge in [0.25, 0.3) is 5.91 Å². The van der Waals surface area contributed by atoms with Gasteiger partial charge in [0, 0.05) is 19.2 Å². The van der Waals surface area contributed by atoms with Crippen molar-refractivity contribution in [2.24, 2.45) is 0 Å². The van der Waals surface area contributed by atoms with E-state index in [1.807, 2.05) is 54.4 Å². The van der Waals surface area contributed by atoms with Gasteiger partial charge in [0.1, 0.15) is 0 Å². The summed E-state index contributed by atoms with van der Waals surface area (Å²) in [7, 11) is 1.87. The Hall–Kier alpha value is -2.88. The van der Waals surface area contributed by atoms with Crippen molar-refractivity contribution in [2.75, 3.05) is 12.4 Å². The number of hydrogen-bond donors (Lipinski definition) is 1. The zero-order valence-electron chi connectivity index (χ0n) is 15.7. The first kappa shape index (κ1) is 18.9. The fraction of sp³-hybridized carbons (Fsp3) is 0.304. The lowest BCUT2D eigenvalue weighted by Gasteiger charge is -2.31. The van der Waals surface area contributed by atoms with Crippen LogP contribution in [0.1, 0.15) is 48.0 Å². The van der Waals surface area contributed by atoms with Crippen LogP contribution in [0.5, 0.6) is 0 Å². The Morgan fingerprint density at radius 2 is 1.63 bits per heavy atom. The van der Waals surface area contributed by atoms with Crippen LogP contribution in [0.3, 0.4) is 0 Å². The molecule has 0 saturated heterocycles. The maximum absolute atomic E-state index is 13.0. The number of para-hydroxylation sites is 1. The Kier molecular flexibility index (Phi) is 6.42. The third kappa shape index (κ3) is 5.07. The SMILES string of the molecule is CN(C(=O)c1ccccc1NC(=O)C=Cc1ccccc1)C1CCCCC1. The van der Waals surface area contributed by atoms with Crippen LogP contribution in [-0.2, 0) is 4.79 Å². The zero-order chi connectivity index (χ0) is 19.1. The smallest absolute Gasteiger partial charge is 0.255 e. The highest BCUT2D eigenvalue weighted by molar-refractivity contribution is 6.07. The quantitative estimate of drug-likeness (QED) is 0.781. The van der Waals surface area contributed by atoms with Gasteiger partial charge in [-0.1, -0.05) is 61.7 Å². The molecule has 0 aliphatic heterocycles. The second kappa shape index (κ2) is 9.17. The van der Waals surface area contributed by atoms with E-state index in [9.17, 15) is 9.59 Å². The van der Waals surface area contributed by atoms with Crippen molar-refractivity contribution in [3.63, 3.8) is 0 Å². The maximum Gasteiger partial charge on any atom is 0.255 e. The first-order chi connectivity index (χ1) is 13.1. The number of nitrogens with one attached hydrogen (secondary N) is 1. The van der Waals surface area contributed by atoms with Crippen LogP contribution in [0.15, 0.2) is 60.7 Å². The van der Waals surface area contributed by atoms with Gasteiger partial charge in [0.05, 0.1) is 11.3 Å². The molecule has 2 amide bonds. The highest BCUT2D eigenvalue weighted by Gasteiger charge is 2.24. The summed E-state index contributed by atoms with van der Waals surface area (Å²) < 4.78 is 0. The summed E-state index contributed by atoms with van der Waals surface area (Å²) >= 11 is 0. The molecule has 4 heteroatoms. The van der Waals surface area contributed by atoms with Gasteiger partial charge in [-0.2, -0.15) is 0 Å². The molecule has 1 saturated carbocycles. The van der Waals surface area contributed by atoms with E-state index < -0.39 is 0 Å². The highest BCUT2D eigenvalue weighted by Crippen LogP contribution is 2.25. The van der Waals surface area contributed by atoms with Gasteiger partial charge in [-0.3, -0.25) is 9.59 Å². The van der Waals surface area contributed by atoms with Crippen LogP contribution in [0.4, 0.5) is 5.69 Å². The average Bonchev–Trinajstić information content (AvgIpc) is 2.73. The Balaban J connectivity index is 1.70. The molecule has 0 heterocycles. The number of anilines is 1. The summed E-state index contributed by atoms with van der Waals surface area (Å²) in [4.78, 5) is 27.1. The van der Waals surface area contributed by atoms with E-state index in [1.165, 1.54) is 25.3 Å². The van der Waals surface area contributed by atoms with Gasteiger partial charge < -0.3 is 10.2 Å². The van der Waals surface area contributed by atoms with Crippen molar-refractivity contribution < 1.29 is 9.59 Å². The van der Waals surface area contributed by atoms with E-state index >= 15 is 0 Å². The molecule has 0 spiro atoms. The predicted molar refractivity (Wildman–Crippen MR) is 110 cm³/mol. The molecular weight excluding hydrogens is 336 g/mol. The first-order valence-corrected chi connectivity index (χ1v) is 9.55. The normalized spacial score (nSPS) is 14.9. The molecule has 0 radical (unpaired) electrons. The molecule has 0 aromatic heterocycles. The molecule has 2 aromatic rings. The molecule has 27 heavy (non-hydrogen) atoms. The number of carbonyl (C=O) groups excluding carboxylic acids is 2. The molecule has 2 aromatic carbocycles. The van der Waals surface area contributed by atoms with Crippen molar-refractivity contribution in [3.05, 3.63) is 71.8 Å². The number of amides is 2. The summed E-state index contributed by atoms with van der Waals surface area (Å²) in [6.45, 7) is 0. The summed E-state index contributed by atoms with van der Waals surface area (Å²) in [6.07, 6.45) is 8.94. The van der Waals surface area contributed by atoms with E-state index in [0.717, 1.165) is 18.4 Å². The van der Waals surface area contributed by atoms with Crippen LogP contribution >= 0.6 is 0 Å². The largest absolute Gasteiger partial charge is 0.339 e. The van der Waals surface area contributed by atoms with Crippen LogP contribution in [-0.4, -0.2) is 29.8 Å². The number of carbonyl (C=O) groups is 2. The monoisotopic (exact) mass is 362 g/mol. The highest BCUT2D eigenvalue weighted by atomic mass is 16.2. The fourth-order valence-corrected chi connectivity index (χ4v) is 3.51. The summed E-state index contributed by atoms with van der Waals surface area (Å²) in [5.74, 6) is -0.288. The Bertz CT molecular complexity index is 808. The van der Waals surface area contributed by atoms with Crippen molar-refractivity contribution in [3.8, 4) is 0 Å². The van der Waals surface area contributed by atoms with Gasteiger partial charge in [0.15, 0.2) is 0 Å². The minimum Gasteiger partial charge on any atom is -0.339 e. The lowest BCUT2D eigenvalue weighted by Crippen LogP contribution is -2.38. The number of nitrogens with zero attached hydrogens (tertiary/aromatic N) is 1. The maximum atomic E-state index is 13.0. The molecule has 140 valence electrons. The Morgan fingerprint density at radius 3 is 2.37 bits per heavy atom. The van der Waals surface area contributed by atoms with E-state index in [4.69, 9.17) is 0 Å². The third-order valence-corrected chi connectivity index (χ3v) is 5.08. The van der Waals surface area contributed by atoms with Crippen molar-refractivity contribution >= 4 is 23.6 Å². The van der Waals surface area contributed by atoms with Gasteiger partial charge >= 0.3 is 0 Å². The van der Waals surface area contributed by atoms with Crippen molar-refractivity contribution in [2.45, 2.75) is 38.1 Å². The molecule has 4 nitrogen and oxygen atoms in total. The first-order valence-electron chi connectivity index (χ1n) is 9.55. The van der Waals surface area contributed by atoms with E-state index in [2.05, 4.69) is 5.32 Å². The Morgan fingerprint density at radius 1 is 0.963 bits per heavy atom. The molecule has 3 rings (SSSR count). The summed E-state index contributed by atoms with van der Waals surface area (Å²) in [5, 5.41) is 2.85. The lowest BCUT2D eigenvalue weighted by molar-refractivity contribution is -0.111. The van der Waals surface area contributed by atoms with Crippen LogP contribution in [0, 0.1) is 0 Å².